The Morgan fingerprint density at radius 2 is 1.83 bits per heavy atom. The van der Waals surface area contributed by atoms with Crippen molar-refractivity contribution >= 4 is 28.1 Å². The van der Waals surface area contributed by atoms with Gasteiger partial charge < -0.3 is 15.8 Å². The molecular weight excluding hydrogens is 326 g/mol. The zero-order valence-corrected chi connectivity index (χ0v) is 12.1. The predicted molar refractivity (Wildman–Crippen MR) is 82.5 cm³/mol. The van der Waals surface area contributed by atoms with Crippen molar-refractivity contribution in [2.75, 3.05) is 11.1 Å². The number of fused-ring (bicyclic) bond motifs is 1. The fourth-order valence-electron chi connectivity index (χ4n) is 2.17. The van der Waals surface area contributed by atoms with E-state index in [0.717, 1.165) is 12.1 Å². The molecule has 1 aromatic heterocycles. The summed E-state index contributed by atoms with van der Waals surface area (Å²) in [6, 6.07) is 11.3. The molecule has 3 aromatic rings. The van der Waals surface area contributed by atoms with E-state index >= 15 is 0 Å². The Bertz CT molecular complexity index is 896. The molecule has 24 heavy (non-hydrogen) atoms. The van der Waals surface area contributed by atoms with E-state index in [2.05, 4.69) is 15.0 Å². The SMILES string of the molecule is Nc1cc(OC(F)(F)F)ccc1Nc1ccc2cccc(F)c2n1. The van der Waals surface area contributed by atoms with Crippen LogP contribution in [0.4, 0.5) is 34.8 Å². The fourth-order valence-corrected chi connectivity index (χ4v) is 2.17. The van der Waals surface area contributed by atoms with Crippen LogP contribution >= 0.6 is 0 Å². The van der Waals surface area contributed by atoms with Crippen LogP contribution < -0.4 is 15.8 Å². The van der Waals surface area contributed by atoms with Crippen LogP contribution in [-0.4, -0.2) is 11.3 Å². The van der Waals surface area contributed by atoms with Crippen molar-refractivity contribution in [2.24, 2.45) is 0 Å². The topological polar surface area (TPSA) is 60.2 Å². The van der Waals surface area contributed by atoms with Gasteiger partial charge in [-0.1, -0.05) is 12.1 Å². The fraction of sp³-hybridized carbons (Fsp3) is 0.0625. The number of rotatable bonds is 3. The number of halogens is 4. The van der Waals surface area contributed by atoms with Crippen LogP contribution in [-0.2, 0) is 0 Å². The van der Waals surface area contributed by atoms with Crippen LogP contribution in [0, 0.1) is 5.82 Å². The number of ether oxygens (including phenoxy) is 1. The Morgan fingerprint density at radius 3 is 2.54 bits per heavy atom. The Kier molecular flexibility index (Phi) is 3.88. The van der Waals surface area contributed by atoms with Crippen LogP contribution in [0.3, 0.4) is 0 Å². The van der Waals surface area contributed by atoms with Crippen LogP contribution in [0.15, 0.2) is 48.5 Å². The summed E-state index contributed by atoms with van der Waals surface area (Å²) in [5, 5.41) is 3.47. The van der Waals surface area contributed by atoms with Crippen LogP contribution in [0.5, 0.6) is 5.75 Å². The third-order valence-corrected chi connectivity index (χ3v) is 3.19. The molecule has 8 heteroatoms. The average molecular weight is 337 g/mol. The first-order chi connectivity index (χ1) is 11.3. The van der Waals surface area contributed by atoms with Crippen LogP contribution in [0.1, 0.15) is 0 Å². The van der Waals surface area contributed by atoms with E-state index in [0.29, 0.717) is 16.9 Å². The first-order valence-electron chi connectivity index (χ1n) is 6.79. The monoisotopic (exact) mass is 337 g/mol. The molecule has 1 heterocycles. The number of nitrogens with one attached hydrogen (secondary N) is 1. The minimum atomic E-state index is -4.79. The van der Waals surface area contributed by atoms with E-state index in [4.69, 9.17) is 5.73 Å². The van der Waals surface area contributed by atoms with Gasteiger partial charge in [-0.3, -0.25) is 0 Å². The highest BCUT2D eigenvalue weighted by molar-refractivity contribution is 5.82. The quantitative estimate of drug-likeness (QED) is 0.542. The van der Waals surface area contributed by atoms with Gasteiger partial charge in [-0.2, -0.15) is 0 Å². The predicted octanol–water partition coefficient (Wildman–Crippen LogP) is 4.60. The van der Waals surface area contributed by atoms with Crippen molar-refractivity contribution in [3.05, 3.63) is 54.3 Å². The summed E-state index contributed by atoms with van der Waals surface area (Å²) >= 11 is 0. The largest absolute Gasteiger partial charge is 0.573 e. The number of pyridine rings is 1. The molecule has 2 aromatic carbocycles. The maximum absolute atomic E-state index is 13.8. The molecule has 0 fully saturated rings. The lowest BCUT2D eigenvalue weighted by Gasteiger charge is -2.13. The molecule has 0 atom stereocenters. The molecule has 0 saturated heterocycles. The molecular formula is C16H11F4N3O. The molecule has 0 amide bonds. The lowest BCUT2D eigenvalue weighted by molar-refractivity contribution is -0.274. The molecule has 0 bridgehead atoms. The normalized spacial score (nSPS) is 11.5. The minimum absolute atomic E-state index is 0.0344. The zero-order valence-electron chi connectivity index (χ0n) is 12.1. The third-order valence-electron chi connectivity index (χ3n) is 3.19. The number of nitrogens with two attached hydrogens (primary N) is 1. The molecule has 3 N–H and O–H groups in total. The van der Waals surface area contributed by atoms with Gasteiger partial charge >= 0.3 is 6.36 Å². The summed E-state index contributed by atoms with van der Waals surface area (Å²) in [4.78, 5) is 4.14. The highest BCUT2D eigenvalue weighted by Gasteiger charge is 2.31. The van der Waals surface area contributed by atoms with E-state index in [1.807, 2.05) is 0 Å². The summed E-state index contributed by atoms with van der Waals surface area (Å²) in [5.74, 6) is -0.593. The first-order valence-corrected chi connectivity index (χ1v) is 6.79. The molecule has 0 aliphatic heterocycles. The molecule has 0 aliphatic rings. The van der Waals surface area contributed by atoms with E-state index in [1.54, 1.807) is 24.3 Å². The summed E-state index contributed by atoms with van der Waals surface area (Å²) in [6.45, 7) is 0. The average Bonchev–Trinajstić information content (AvgIpc) is 2.49. The van der Waals surface area contributed by atoms with Crippen molar-refractivity contribution < 1.29 is 22.3 Å². The smallest absolute Gasteiger partial charge is 0.406 e. The molecule has 0 unspecified atom stereocenters. The maximum Gasteiger partial charge on any atom is 0.573 e. The van der Waals surface area contributed by atoms with E-state index in [1.165, 1.54) is 12.1 Å². The van der Waals surface area contributed by atoms with Gasteiger partial charge in [-0.05, 0) is 30.3 Å². The van der Waals surface area contributed by atoms with Crippen molar-refractivity contribution in [1.29, 1.82) is 0 Å². The number of nitrogens with zero attached hydrogens (tertiary/aromatic N) is 1. The minimum Gasteiger partial charge on any atom is -0.406 e. The molecule has 3 rings (SSSR count). The summed E-state index contributed by atoms with van der Waals surface area (Å²) in [7, 11) is 0. The summed E-state index contributed by atoms with van der Waals surface area (Å²) < 4.78 is 54.1. The van der Waals surface area contributed by atoms with Crippen molar-refractivity contribution in [1.82, 2.24) is 4.98 Å². The van der Waals surface area contributed by atoms with Crippen molar-refractivity contribution in [3.8, 4) is 5.75 Å². The van der Waals surface area contributed by atoms with Crippen LogP contribution in [0.25, 0.3) is 10.9 Å². The van der Waals surface area contributed by atoms with Gasteiger partial charge in [0.1, 0.15) is 22.9 Å². The van der Waals surface area contributed by atoms with Crippen LogP contribution in [0.2, 0.25) is 0 Å². The number of hydrogen-bond acceptors (Lipinski definition) is 4. The van der Waals surface area contributed by atoms with Gasteiger partial charge in [0.2, 0.25) is 0 Å². The number of hydrogen-bond donors (Lipinski definition) is 2. The highest BCUT2D eigenvalue weighted by atomic mass is 19.4. The third kappa shape index (κ3) is 3.48. The van der Waals surface area contributed by atoms with Gasteiger partial charge in [0, 0.05) is 11.5 Å². The lowest BCUT2D eigenvalue weighted by Crippen LogP contribution is -2.17. The number of nitrogen functional groups attached to an aromatic ring is 1. The Hall–Kier alpha value is -3.03. The Balaban J connectivity index is 1.87. The van der Waals surface area contributed by atoms with Gasteiger partial charge in [0.15, 0.2) is 0 Å². The molecule has 0 aliphatic carbocycles. The maximum atomic E-state index is 13.8. The second kappa shape index (κ2) is 5.88. The Morgan fingerprint density at radius 1 is 1.04 bits per heavy atom. The number of para-hydroxylation sites is 1. The first kappa shape index (κ1) is 15.9. The zero-order chi connectivity index (χ0) is 17.3. The number of anilines is 3. The second-order valence-electron chi connectivity index (χ2n) is 4.93. The van der Waals surface area contributed by atoms with Gasteiger partial charge in [0.05, 0.1) is 11.4 Å². The van der Waals surface area contributed by atoms with Gasteiger partial charge in [-0.25, -0.2) is 9.37 Å². The molecule has 0 saturated carbocycles. The van der Waals surface area contributed by atoms with E-state index in [-0.39, 0.29) is 11.2 Å². The standard InChI is InChI=1S/C16H11F4N3O/c17-11-3-1-2-9-4-7-14(23-15(9)11)22-13-6-5-10(8-12(13)21)24-16(18,19)20/h1-8H,21H2,(H,22,23). The molecule has 124 valence electrons. The van der Waals surface area contributed by atoms with E-state index in [9.17, 15) is 17.6 Å². The number of benzene rings is 2. The number of alkyl halides is 3. The van der Waals surface area contributed by atoms with E-state index < -0.39 is 17.9 Å². The van der Waals surface area contributed by atoms with Crippen molar-refractivity contribution in [3.63, 3.8) is 0 Å². The number of aromatic nitrogens is 1. The summed E-state index contributed by atoms with van der Waals surface area (Å²) in [6.07, 6.45) is -4.79. The van der Waals surface area contributed by atoms with Gasteiger partial charge in [0.25, 0.3) is 0 Å². The Labute approximate surface area is 133 Å². The van der Waals surface area contributed by atoms with Gasteiger partial charge in [-0.15, -0.1) is 13.2 Å². The highest BCUT2D eigenvalue weighted by Crippen LogP contribution is 2.30. The molecule has 4 nitrogen and oxygen atoms in total. The second-order valence-corrected chi connectivity index (χ2v) is 4.93. The van der Waals surface area contributed by atoms with Crippen molar-refractivity contribution in [2.45, 2.75) is 6.36 Å². The molecule has 0 radical (unpaired) electrons. The summed E-state index contributed by atoms with van der Waals surface area (Å²) in [5.41, 5.74) is 6.26. The lowest BCUT2D eigenvalue weighted by atomic mass is 10.2. The molecule has 0 spiro atoms.